The molecule has 7 heteroatoms. The Morgan fingerprint density at radius 3 is 2.75 bits per heavy atom. The van der Waals surface area contributed by atoms with Crippen LogP contribution in [0.4, 0.5) is 4.39 Å². The molecular weight excluding hydrogens is 283 g/mol. The van der Waals surface area contributed by atoms with Gasteiger partial charge in [0, 0.05) is 26.1 Å². The van der Waals surface area contributed by atoms with E-state index in [1.807, 2.05) is 0 Å². The summed E-state index contributed by atoms with van der Waals surface area (Å²) in [5, 5.41) is 2.67. The highest BCUT2D eigenvalue weighted by Gasteiger charge is 2.40. The minimum atomic E-state index is -3.54. The molecule has 1 amide bonds. The first kappa shape index (κ1) is 14.9. The first-order valence-corrected chi connectivity index (χ1v) is 7.85. The number of nitrogens with one attached hydrogen (secondary N) is 1. The molecular formula is C13H17FN2O3S. The summed E-state index contributed by atoms with van der Waals surface area (Å²) >= 11 is 0. The number of amides is 1. The molecule has 1 aliphatic rings. The van der Waals surface area contributed by atoms with E-state index in [1.165, 1.54) is 26.2 Å². The molecule has 0 aromatic heterocycles. The van der Waals surface area contributed by atoms with Gasteiger partial charge in [-0.2, -0.15) is 0 Å². The number of hydrogen-bond acceptors (Lipinski definition) is 3. The number of benzene rings is 1. The fourth-order valence-corrected chi connectivity index (χ4v) is 2.68. The molecule has 1 aromatic carbocycles. The molecule has 5 nitrogen and oxygen atoms in total. The first-order chi connectivity index (χ1) is 9.29. The number of carbonyl (C=O) groups is 1. The normalized spacial score (nSPS) is 21.8. The van der Waals surface area contributed by atoms with Crippen LogP contribution < -0.4 is 5.32 Å². The van der Waals surface area contributed by atoms with Crippen LogP contribution in [0.5, 0.6) is 0 Å². The van der Waals surface area contributed by atoms with Gasteiger partial charge in [0.05, 0.1) is 0 Å². The lowest BCUT2D eigenvalue weighted by Gasteiger charge is -2.11. The van der Waals surface area contributed by atoms with E-state index < -0.39 is 21.7 Å². The van der Waals surface area contributed by atoms with Gasteiger partial charge < -0.3 is 5.32 Å². The number of halogens is 1. The van der Waals surface area contributed by atoms with Crippen molar-refractivity contribution in [2.45, 2.75) is 18.4 Å². The van der Waals surface area contributed by atoms with Crippen LogP contribution in [0.15, 0.2) is 24.3 Å². The van der Waals surface area contributed by atoms with Crippen molar-refractivity contribution in [1.82, 2.24) is 9.62 Å². The zero-order valence-corrected chi connectivity index (χ0v) is 12.2. The largest absolute Gasteiger partial charge is 0.352 e. The smallest absolute Gasteiger partial charge is 0.236 e. The predicted octanol–water partition coefficient (Wildman–Crippen LogP) is 0.689. The fraction of sp³-hybridized carbons (Fsp3) is 0.462. The van der Waals surface area contributed by atoms with Crippen molar-refractivity contribution < 1.29 is 17.6 Å². The van der Waals surface area contributed by atoms with Crippen molar-refractivity contribution in [3.63, 3.8) is 0 Å². The summed E-state index contributed by atoms with van der Waals surface area (Å²) in [7, 11) is -0.774. The van der Waals surface area contributed by atoms with Crippen LogP contribution in [0.25, 0.3) is 0 Å². The Morgan fingerprint density at radius 2 is 2.15 bits per heavy atom. The molecule has 0 saturated heterocycles. The standard InChI is InChI=1S/C13H17FN2O3S/c1-16(2)20(18,19)8-13(17)15-12-7-11(12)9-4-3-5-10(14)6-9/h3-6,11-12H,7-8H2,1-2H3,(H,15,17). The molecule has 20 heavy (non-hydrogen) atoms. The van der Waals surface area contributed by atoms with Crippen LogP contribution in [-0.4, -0.2) is 44.5 Å². The van der Waals surface area contributed by atoms with Gasteiger partial charge in [0.15, 0.2) is 0 Å². The second-order valence-corrected chi connectivity index (χ2v) is 7.29. The Labute approximate surface area is 117 Å². The molecule has 1 fully saturated rings. The summed E-state index contributed by atoms with van der Waals surface area (Å²) in [5.74, 6) is -1.33. The van der Waals surface area contributed by atoms with E-state index in [-0.39, 0.29) is 17.8 Å². The van der Waals surface area contributed by atoms with E-state index in [9.17, 15) is 17.6 Å². The van der Waals surface area contributed by atoms with E-state index in [4.69, 9.17) is 0 Å². The lowest BCUT2D eigenvalue weighted by Crippen LogP contribution is -2.37. The monoisotopic (exact) mass is 300 g/mol. The minimum Gasteiger partial charge on any atom is -0.352 e. The molecule has 0 spiro atoms. The van der Waals surface area contributed by atoms with Gasteiger partial charge in [-0.25, -0.2) is 17.1 Å². The van der Waals surface area contributed by atoms with Gasteiger partial charge in [0.2, 0.25) is 15.9 Å². The predicted molar refractivity (Wildman–Crippen MR) is 73.2 cm³/mol. The molecule has 2 rings (SSSR count). The van der Waals surface area contributed by atoms with Crippen LogP contribution in [-0.2, 0) is 14.8 Å². The van der Waals surface area contributed by atoms with Crippen LogP contribution in [0.3, 0.4) is 0 Å². The fourth-order valence-electron chi connectivity index (χ4n) is 2.00. The van der Waals surface area contributed by atoms with E-state index in [0.717, 1.165) is 9.87 Å². The Kier molecular flexibility index (Phi) is 4.10. The average Bonchev–Trinajstić information content (AvgIpc) is 3.07. The number of carbonyl (C=O) groups excluding carboxylic acids is 1. The van der Waals surface area contributed by atoms with Gasteiger partial charge in [-0.05, 0) is 24.1 Å². The van der Waals surface area contributed by atoms with Crippen LogP contribution in [0.2, 0.25) is 0 Å². The molecule has 1 saturated carbocycles. The summed E-state index contributed by atoms with van der Waals surface area (Å²) in [4.78, 5) is 11.7. The second-order valence-electron chi connectivity index (χ2n) is 5.11. The number of nitrogens with zero attached hydrogens (tertiary/aromatic N) is 1. The Balaban J connectivity index is 1.90. The Morgan fingerprint density at radius 1 is 1.45 bits per heavy atom. The van der Waals surface area contributed by atoms with Crippen molar-refractivity contribution in [1.29, 1.82) is 0 Å². The zero-order valence-electron chi connectivity index (χ0n) is 11.3. The summed E-state index contributed by atoms with van der Waals surface area (Å²) in [5.41, 5.74) is 0.825. The molecule has 0 bridgehead atoms. The van der Waals surface area contributed by atoms with Crippen molar-refractivity contribution in [3.8, 4) is 0 Å². The van der Waals surface area contributed by atoms with Crippen molar-refractivity contribution >= 4 is 15.9 Å². The molecule has 110 valence electrons. The molecule has 2 atom stereocenters. The quantitative estimate of drug-likeness (QED) is 0.870. The Hall–Kier alpha value is -1.47. The maximum atomic E-state index is 13.1. The second kappa shape index (κ2) is 5.49. The van der Waals surface area contributed by atoms with Gasteiger partial charge in [0.1, 0.15) is 11.6 Å². The maximum Gasteiger partial charge on any atom is 0.236 e. The third-order valence-corrected chi connectivity index (χ3v) is 5.02. The molecule has 1 aromatic rings. The minimum absolute atomic E-state index is 0.0664. The van der Waals surface area contributed by atoms with Gasteiger partial charge in [-0.15, -0.1) is 0 Å². The van der Waals surface area contributed by atoms with E-state index in [2.05, 4.69) is 5.32 Å². The number of hydrogen-bond donors (Lipinski definition) is 1. The highest BCUT2D eigenvalue weighted by atomic mass is 32.2. The number of rotatable bonds is 5. The summed E-state index contributed by atoms with van der Waals surface area (Å²) in [6.45, 7) is 0. The molecule has 1 aliphatic carbocycles. The van der Waals surface area contributed by atoms with E-state index in [1.54, 1.807) is 12.1 Å². The summed E-state index contributed by atoms with van der Waals surface area (Å²) < 4.78 is 37.2. The van der Waals surface area contributed by atoms with Gasteiger partial charge in [0.25, 0.3) is 0 Å². The molecule has 0 radical (unpaired) electrons. The van der Waals surface area contributed by atoms with Gasteiger partial charge in [-0.1, -0.05) is 12.1 Å². The highest BCUT2D eigenvalue weighted by Crippen LogP contribution is 2.40. The SMILES string of the molecule is CN(C)S(=O)(=O)CC(=O)NC1CC1c1cccc(F)c1. The summed E-state index contributed by atoms with van der Waals surface area (Å²) in [6, 6.07) is 6.12. The van der Waals surface area contributed by atoms with Crippen molar-refractivity contribution in [2.24, 2.45) is 0 Å². The van der Waals surface area contributed by atoms with Crippen molar-refractivity contribution in [3.05, 3.63) is 35.6 Å². The lowest BCUT2D eigenvalue weighted by atomic mass is 10.1. The average molecular weight is 300 g/mol. The third kappa shape index (κ3) is 3.55. The maximum absolute atomic E-state index is 13.1. The van der Waals surface area contributed by atoms with Crippen LogP contribution in [0.1, 0.15) is 17.9 Å². The molecule has 1 N–H and O–H groups in total. The van der Waals surface area contributed by atoms with Crippen LogP contribution >= 0.6 is 0 Å². The third-order valence-electron chi connectivity index (χ3n) is 3.28. The molecule has 0 heterocycles. The molecule has 0 aliphatic heterocycles. The number of sulfonamides is 1. The first-order valence-electron chi connectivity index (χ1n) is 6.24. The zero-order chi connectivity index (χ0) is 14.9. The summed E-state index contributed by atoms with van der Waals surface area (Å²) in [6.07, 6.45) is 0.706. The van der Waals surface area contributed by atoms with E-state index in [0.29, 0.717) is 6.42 Å². The topological polar surface area (TPSA) is 66.5 Å². The van der Waals surface area contributed by atoms with E-state index >= 15 is 0 Å². The van der Waals surface area contributed by atoms with Crippen molar-refractivity contribution in [2.75, 3.05) is 19.8 Å². The Bertz CT molecular complexity index is 616. The lowest BCUT2D eigenvalue weighted by molar-refractivity contribution is -0.118. The van der Waals surface area contributed by atoms with Gasteiger partial charge >= 0.3 is 0 Å². The van der Waals surface area contributed by atoms with Crippen LogP contribution in [0, 0.1) is 5.82 Å². The molecule has 2 unspecified atom stereocenters. The highest BCUT2D eigenvalue weighted by molar-refractivity contribution is 7.89. The van der Waals surface area contributed by atoms with Gasteiger partial charge in [-0.3, -0.25) is 4.79 Å².